The fourth-order valence-corrected chi connectivity index (χ4v) is 10.5. The lowest BCUT2D eigenvalue weighted by Crippen LogP contribution is -2.51. The number of methoxy groups -OCH3 is 1. The topological polar surface area (TPSA) is 47.9 Å². The quantitative estimate of drug-likeness (QED) is 0.150. The second-order valence-corrected chi connectivity index (χ2v) is 16.1. The third kappa shape index (κ3) is 6.60. The fourth-order valence-electron chi connectivity index (χ4n) is 10.5. The molecule has 8 atom stereocenters. The molecule has 4 aliphatic rings. The molecule has 0 saturated heterocycles. The first-order chi connectivity index (χ1) is 22.1. The number of fused-ring (bicyclic) bond motifs is 5. The maximum Gasteiger partial charge on any atom is 0.338 e. The number of esters is 1. The first-order valence-corrected chi connectivity index (χ1v) is 18.3. The predicted molar refractivity (Wildman–Crippen MR) is 189 cm³/mol. The zero-order valence-corrected chi connectivity index (χ0v) is 29.3. The minimum absolute atomic E-state index is 0.0314. The zero-order valence-electron chi connectivity index (χ0n) is 29.3. The minimum atomic E-state index is -0.213. The number of benzene rings is 2. The number of nitrogens with zero attached hydrogens (tertiary/aromatic N) is 1. The predicted octanol–water partition coefficient (Wildman–Crippen LogP) is 11.0. The first-order valence-electron chi connectivity index (χ1n) is 18.3. The van der Waals surface area contributed by atoms with Crippen LogP contribution in [0.15, 0.2) is 65.2 Å². The van der Waals surface area contributed by atoms with Crippen LogP contribution in [0.2, 0.25) is 0 Å². The fraction of sp³-hybridized carbons (Fsp3) is 0.619. The maximum atomic E-state index is 13.2. The maximum absolute atomic E-state index is 13.2. The summed E-state index contributed by atoms with van der Waals surface area (Å²) >= 11 is 0. The van der Waals surface area contributed by atoms with Crippen molar-refractivity contribution < 1.29 is 14.3 Å². The summed E-state index contributed by atoms with van der Waals surface area (Å²) in [4.78, 5) is 17.7. The molecule has 4 nitrogen and oxygen atoms in total. The van der Waals surface area contributed by atoms with E-state index in [4.69, 9.17) is 9.47 Å². The van der Waals surface area contributed by atoms with Crippen LogP contribution >= 0.6 is 0 Å². The Kier molecular flexibility index (Phi) is 9.83. The molecule has 3 fully saturated rings. The average Bonchev–Trinajstić information content (AvgIpc) is 3.41. The molecular formula is C42H57NO3. The second-order valence-electron chi connectivity index (χ2n) is 16.1. The molecule has 2 aromatic rings. The molecule has 1 unspecified atom stereocenters. The smallest absolute Gasteiger partial charge is 0.338 e. The SMILES string of the molecule is COc1ccc(N=Cc2ccc(C(=O)OC3CC[C@@]4(C)C(=CC[C@H]5[C@@H]6CC[C@H]([C@H](C)CCCC(C)C)[C@@]6(C)CC[C@@H]54)C3)cc2)cc1. The second kappa shape index (κ2) is 13.7. The molecule has 0 radical (unpaired) electrons. The van der Waals surface area contributed by atoms with Crippen LogP contribution < -0.4 is 4.74 Å². The summed E-state index contributed by atoms with van der Waals surface area (Å²) < 4.78 is 11.4. The molecule has 0 bridgehead atoms. The lowest BCUT2D eigenvalue weighted by Gasteiger charge is -2.58. The van der Waals surface area contributed by atoms with Gasteiger partial charge in [-0.05, 0) is 133 Å². The number of carbonyl (C=O) groups is 1. The van der Waals surface area contributed by atoms with Crippen molar-refractivity contribution in [2.75, 3.05) is 7.11 Å². The minimum Gasteiger partial charge on any atom is -0.497 e. The van der Waals surface area contributed by atoms with Crippen LogP contribution in [0, 0.1) is 46.3 Å². The van der Waals surface area contributed by atoms with Crippen molar-refractivity contribution in [3.63, 3.8) is 0 Å². The van der Waals surface area contributed by atoms with Gasteiger partial charge < -0.3 is 9.47 Å². The summed E-state index contributed by atoms with van der Waals surface area (Å²) in [5.41, 5.74) is 4.76. The third-order valence-electron chi connectivity index (χ3n) is 13.1. The van der Waals surface area contributed by atoms with Crippen LogP contribution in [0.3, 0.4) is 0 Å². The molecule has 4 aliphatic carbocycles. The van der Waals surface area contributed by atoms with Crippen molar-refractivity contribution in [1.82, 2.24) is 0 Å². The molecule has 0 aliphatic heterocycles. The Bertz CT molecular complexity index is 1410. The van der Waals surface area contributed by atoms with E-state index in [-0.39, 0.29) is 17.5 Å². The van der Waals surface area contributed by atoms with Crippen LogP contribution in [-0.4, -0.2) is 25.4 Å². The third-order valence-corrected chi connectivity index (χ3v) is 13.1. The van der Waals surface area contributed by atoms with Gasteiger partial charge in [0.05, 0.1) is 18.4 Å². The van der Waals surface area contributed by atoms with Gasteiger partial charge in [-0.15, -0.1) is 0 Å². The van der Waals surface area contributed by atoms with Crippen molar-refractivity contribution in [3.05, 3.63) is 71.3 Å². The molecule has 3 saturated carbocycles. The van der Waals surface area contributed by atoms with Crippen LogP contribution in [-0.2, 0) is 4.74 Å². The van der Waals surface area contributed by atoms with Crippen LogP contribution in [0.25, 0.3) is 0 Å². The van der Waals surface area contributed by atoms with Gasteiger partial charge in [0.15, 0.2) is 0 Å². The monoisotopic (exact) mass is 623 g/mol. The van der Waals surface area contributed by atoms with Gasteiger partial charge in [0, 0.05) is 12.6 Å². The number of allylic oxidation sites excluding steroid dienone is 1. The Morgan fingerprint density at radius 2 is 1.70 bits per heavy atom. The van der Waals surface area contributed by atoms with E-state index in [1.165, 1.54) is 51.4 Å². The van der Waals surface area contributed by atoms with Crippen molar-refractivity contribution in [2.45, 2.75) is 111 Å². The highest BCUT2D eigenvalue weighted by molar-refractivity contribution is 5.91. The van der Waals surface area contributed by atoms with Gasteiger partial charge in [0.1, 0.15) is 11.9 Å². The van der Waals surface area contributed by atoms with E-state index in [0.29, 0.717) is 11.0 Å². The molecule has 2 aromatic carbocycles. The number of hydrogen-bond donors (Lipinski definition) is 0. The van der Waals surface area contributed by atoms with E-state index in [2.05, 4.69) is 45.7 Å². The van der Waals surface area contributed by atoms with Gasteiger partial charge in [-0.3, -0.25) is 4.99 Å². The largest absolute Gasteiger partial charge is 0.497 e. The molecule has 0 amide bonds. The number of aliphatic imine (C=N–C) groups is 1. The van der Waals surface area contributed by atoms with Crippen molar-refractivity contribution in [2.24, 2.45) is 51.3 Å². The highest BCUT2D eigenvalue weighted by Gasteiger charge is 2.59. The van der Waals surface area contributed by atoms with E-state index in [0.717, 1.165) is 71.8 Å². The zero-order chi connectivity index (χ0) is 32.5. The van der Waals surface area contributed by atoms with Gasteiger partial charge in [-0.25, -0.2) is 4.79 Å². The molecule has 4 heteroatoms. The van der Waals surface area contributed by atoms with Gasteiger partial charge in [-0.2, -0.15) is 0 Å². The molecule has 0 heterocycles. The van der Waals surface area contributed by atoms with Gasteiger partial charge in [0.25, 0.3) is 0 Å². The lowest BCUT2D eigenvalue weighted by molar-refractivity contribution is -0.0594. The molecule has 0 N–H and O–H groups in total. The van der Waals surface area contributed by atoms with E-state index >= 15 is 0 Å². The molecule has 46 heavy (non-hydrogen) atoms. The number of carbonyl (C=O) groups excluding carboxylic acids is 1. The molecule has 0 spiro atoms. The van der Waals surface area contributed by atoms with E-state index < -0.39 is 0 Å². The normalized spacial score (nSPS) is 32.8. The molecule has 6 rings (SSSR count). The first kappa shape index (κ1) is 33.0. The highest BCUT2D eigenvalue weighted by Crippen LogP contribution is 2.67. The molecular weight excluding hydrogens is 566 g/mol. The number of ether oxygens (including phenoxy) is 2. The lowest BCUT2D eigenvalue weighted by atomic mass is 9.47. The summed E-state index contributed by atoms with van der Waals surface area (Å²) in [6.07, 6.45) is 18.4. The Morgan fingerprint density at radius 3 is 2.41 bits per heavy atom. The number of rotatable bonds is 10. The van der Waals surface area contributed by atoms with Crippen molar-refractivity contribution in [1.29, 1.82) is 0 Å². The Labute approximate surface area is 278 Å². The standard InChI is InChI=1S/C42H57NO3/c1-28(2)8-7-9-29(3)37-20-21-38-36-19-14-32-26-35(22-24-41(32,4)39(36)23-25-42(37,38)5)46-40(44)31-12-10-30(11-13-31)27-43-33-15-17-34(45-6)18-16-33/h10-18,27-29,35-39H,7-9,19-26H2,1-6H3/t29-,35?,36+,37-,38+,39+,41+,42-/m1/s1. The van der Waals surface area contributed by atoms with Gasteiger partial charge in [0.2, 0.25) is 0 Å². The van der Waals surface area contributed by atoms with Crippen LogP contribution in [0.5, 0.6) is 5.75 Å². The number of hydrogen-bond acceptors (Lipinski definition) is 4. The van der Waals surface area contributed by atoms with E-state index in [1.807, 2.05) is 54.7 Å². The summed E-state index contributed by atoms with van der Waals surface area (Å²) in [6, 6.07) is 15.2. The van der Waals surface area contributed by atoms with Crippen molar-refractivity contribution in [3.8, 4) is 5.75 Å². The molecule has 0 aromatic heterocycles. The molecule has 248 valence electrons. The van der Waals surface area contributed by atoms with Crippen LogP contribution in [0.1, 0.15) is 121 Å². The Hall–Kier alpha value is -2.88. The highest BCUT2D eigenvalue weighted by atomic mass is 16.5. The van der Waals surface area contributed by atoms with Crippen molar-refractivity contribution >= 4 is 17.9 Å². The van der Waals surface area contributed by atoms with E-state index in [1.54, 1.807) is 12.7 Å². The Balaban J connectivity index is 1.05. The van der Waals surface area contributed by atoms with Gasteiger partial charge >= 0.3 is 5.97 Å². The Morgan fingerprint density at radius 1 is 0.935 bits per heavy atom. The van der Waals surface area contributed by atoms with Crippen LogP contribution in [0.4, 0.5) is 5.69 Å². The average molecular weight is 624 g/mol. The summed E-state index contributed by atoms with van der Waals surface area (Å²) in [5.74, 6) is 5.65. The summed E-state index contributed by atoms with van der Waals surface area (Å²) in [7, 11) is 1.66. The van der Waals surface area contributed by atoms with Gasteiger partial charge in [-0.1, -0.05) is 77.7 Å². The van der Waals surface area contributed by atoms with E-state index in [9.17, 15) is 4.79 Å². The summed E-state index contributed by atoms with van der Waals surface area (Å²) in [5, 5.41) is 0. The summed E-state index contributed by atoms with van der Waals surface area (Å²) in [6.45, 7) is 12.5.